The first-order valence-corrected chi connectivity index (χ1v) is 4.15. The molecule has 4 heteroatoms. The van der Waals surface area contributed by atoms with E-state index >= 15 is 0 Å². The largest absolute Gasteiger partial charge is 0.326 e. The maximum Gasteiger partial charge on any atom is 0.270 e. The Morgan fingerprint density at radius 3 is 2.14 bits per heavy atom. The molecule has 0 aromatic heterocycles. The second kappa shape index (κ2) is 3.74. The van der Waals surface area contributed by atoms with Crippen LogP contribution in [0, 0.1) is 0 Å². The molecule has 1 amide bonds. The highest BCUT2D eigenvalue weighted by atomic mass is 19.3. The molecule has 0 aliphatic heterocycles. The second-order valence-corrected chi connectivity index (χ2v) is 3.15. The molecule has 0 atom stereocenters. The minimum Gasteiger partial charge on any atom is -0.326 e. The van der Waals surface area contributed by atoms with Crippen molar-refractivity contribution >= 4 is 11.6 Å². The van der Waals surface area contributed by atoms with Crippen LogP contribution in [0.5, 0.6) is 0 Å². The highest BCUT2D eigenvalue weighted by Crippen LogP contribution is 2.27. The summed E-state index contributed by atoms with van der Waals surface area (Å²) in [6.07, 6.45) is 0. The Morgan fingerprint density at radius 1 is 1.29 bits per heavy atom. The molecular weight excluding hydrogens is 188 g/mol. The third-order valence-corrected chi connectivity index (χ3v) is 1.71. The van der Waals surface area contributed by atoms with Crippen LogP contribution >= 0.6 is 0 Å². The summed E-state index contributed by atoms with van der Waals surface area (Å²) in [5.74, 6) is -3.06. The molecule has 0 unspecified atom stereocenters. The fourth-order valence-corrected chi connectivity index (χ4v) is 1.05. The van der Waals surface area contributed by atoms with Gasteiger partial charge in [0.15, 0.2) is 0 Å². The van der Waals surface area contributed by atoms with Crippen molar-refractivity contribution in [2.24, 2.45) is 0 Å². The van der Waals surface area contributed by atoms with Crippen LogP contribution in [0.15, 0.2) is 24.3 Å². The molecule has 1 N–H and O–H groups in total. The van der Waals surface area contributed by atoms with Crippen molar-refractivity contribution in [2.45, 2.75) is 19.8 Å². The van der Waals surface area contributed by atoms with Gasteiger partial charge in [0.05, 0.1) is 0 Å². The van der Waals surface area contributed by atoms with Crippen molar-refractivity contribution in [1.29, 1.82) is 0 Å². The summed E-state index contributed by atoms with van der Waals surface area (Å²) in [5.41, 5.74) is 0.456. The SMILES string of the molecule is CC(=O)Nc1ccc(C(C)(F)F)cc1. The molecule has 76 valence electrons. The van der Waals surface area contributed by atoms with Gasteiger partial charge in [-0.3, -0.25) is 4.79 Å². The monoisotopic (exact) mass is 199 g/mol. The zero-order valence-electron chi connectivity index (χ0n) is 7.97. The first-order valence-electron chi connectivity index (χ1n) is 4.15. The molecule has 0 saturated carbocycles. The predicted octanol–water partition coefficient (Wildman–Crippen LogP) is 2.76. The number of benzene rings is 1. The molecule has 0 radical (unpaired) electrons. The average molecular weight is 199 g/mol. The molecule has 0 aliphatic carbocycles. The van der Waals surface area contributed by atoms with Gasteiger partial charge < -0.3 is 5.32 Å². The minimum absolute atomic E-state index is 0.0633. The normalized spacial score (nSPS) is 11.1. The fraction of sp³-hybridized carbons (Fsp3) is 0.300. The zero-order valence-corrected chi connectivity index (χ0v) is 7.97. The highest BCUT2D eigenvalue weighted by molar-refractivity contribution is 5.88. The van der Waals surface area contributed by atoms with Crippen molar-refractivity contribution in [3.63, 3.8) is 0 Å². The topological polar surface area (TPSA) is 29.1 Å². The Balaban J connectivity index is 2.84. The molecule has 0 bridgehead atoms. The van der Waals surface area contributed by atoms with Crippen molar-refractivity contribution in [2.75, 3.05) is 5.32 Å². The van der Waals surface area contributed by atoms with E-state index in [1.54, 1.807) is 0 Å². The van der Waals surface area contributed by atoms with Crippen LogP contribution < -0.4 is 5.32 Å². The first kappa shape index (κ1) is 10.6. The van der Waals surface area contributed by atoms with E-state index in [-0.39, 0.29) is 11.5 Å². The molecule has 0 saturated heterocycles. The van der Waals surface area contributed by atoms with Gasteiger partial charge in [-0.1, -0.05) is 12.1 Å². The van der Waals surface area contributed by atoms with Crippen molar-refractivity contribution in [1.82, 2.24) is 0 Å². The zero-order chi connectivity index (χ0) is 10.8. The number of hydrogen-bond donors (Lipinski definition) is 1. The number of nitrogens with one attached hydrogen (secondary N) is 1. The maximum absolute atomic E-state index is 12.8. The van der Waals surface area contributed by atoms with Crippen LogP contribution in [0.25, 0.3) is 0 Å². The van der Waals surface area contributed by atoms with Crippen LogP contribution in [0.4, 0.5) is 14.5 Å². The molecule has 1 aromatic carbocycles. The molecule has 2 nitrogen and oxygen atoms in total. The Morgan fingerprint density at radius 2 is 1.79 bits per heavy atom. The van der Waals surface area contributed by atoms with E-state index < -0.39 is 5.92 Å². The van der Waals surface area contributed by atoms with Gasteiger partial charge in [0.2, 0.25) is 5.91 Å². The first-order chi connectivity index (χ1) is 6.39. The Hall–Kier alpha value is -1.45. The summed E-state index contributed by atoms with van der Waals surface area (Å²) in [4.78, 5) is 10.6. The van der Waals surface area contributed by atoms with Crippen molar-refractivity contribution in [3.05, 3.63) is 29.8 Å². The van der Waals surface area contributed by atoms with E-state index in [2.05, 4.69) is 5.32 Å². The van der Waals surface area contributed by atoms with Gasteiger partial charge in [-0.05, 0) is 12.1 Å². The molecule has 0 aliphatic rings. The summed E-state index contributed by atoms with van der Waals surface area (Å²) in [7, 11) is 0. The third kappa shape index (κ3) is 2.80. The lowest BCUT2D eigenvalue weighted by molar-refractivity contribution is -0.114. The summed E-state index contributed by atoms with van der Waals surface area (Å²) in [5, 5.41) is 2.50. The number of anilines is 1. The van der Waals surface area contributed by atoms with E-state index in [0.29, 0.717) is 5.69 Å². The predicted molar refractivity (Wildman–Crippen MR) is 50.3 cm³/mol. The minimum atomic E-state index is -2.84. The standard InChI is InChI=1S/C10H11F2NO/c1-7(14)13-9-5-3-8(4-6-9)10(2,11)12/h3-6H,1-2H3,(H,13,14). The fourth-order valence-electron chi connectivity index (χ4n) is 1.05. The number of carbonyl (C=O) groups is 1. The number of amides is 1. The van der Waals surface area contributed by atoms with Gasteiger partial charge in [-0.25, -0.2) is 8.78 Å². The smallest absolute Gasteiger partial charge is 0.270 e. The van der Waals surface area contributed by atoms with Gasteiger partial charge in [0.25, 0.3) is 5.92 Å². The van der Waals surface area contributed by atoms with Crippen LogP contribution in [-0.4, -0.2) is 5.91 Å². The number of alkyl halides is 2. The van der Waals surface area contributed by atoms with E-state index in [4.69, 9.17) is 0 Å². The molecule has 1 aromatic rings. The van der Waals surface area contributed by atoms with E-state index in [9.17, 15) is 13.6 Å². The average Bonchev–Trinajstić information content (AvgIpc) is 2.02. The van der Waals surface area contributed by atoms with Gasteiger partial charge >= 0.3 is 0 Å². The summed E-state index contributed by atoms with van der Waals surface area (Å²) >= 11 is 0. The van der Waals surface area contributed by atoms with E-state index in [1.807, 2.05) is 0 Å². The summed E-state index contributed by atoms with van der Waals surface area (Å²) < 4.78 is 25.5. The van der Waals surface area contributed by atoms with Crippen LogP contribution in [-0.2, 0) is 10.7 Å². The van der Waals surface area contributed by atoms with Crippen molar-refractivity contribution in [3.8, 4) is 0 Å². The molecule has 0 fully saturated rings. The lowest BCUT2D eigenvalue weighted by Gasteiger charge is -2.10. The molecule has 0 heterocycles. The maximum atomic E-state index is 12.8. The Kier molecular flexibility index (Phi) is 2.84. The Bertz CT molecular complexity index is 327. The molecule has 0 spiro atoms. The summed E-state index contributed by atoms with van der Waals surface area (Å²) in [6.45, 7) is 2.20. The molecule has 14 heavy (non-hydrogen) atoms. The lowest BCUT2D eigenvalue weighted by atomic mass is 10.1. The van der Waals surface area contributed by atoms with Crippen LogP contribution in [0.2, 0.25) is 0 Å². The number of rotatable bonds is 2. The van der Waals surface area contributed by atoms with Crippen molar-refractivity contribution < 1.29 is 13.6 Å². The lowest BCUT2D eigenvalue weighted by Crippen LogP contribution is -2.08. The molecule has 1 rings (SSSR count). The van der Waals surface area contributed by atoms with E-state index in [0.717, 1.165) is 6.92 Å². The van der Waals surface area contributed by atoms with Crippen LogP contribution in [0.1, 0.15) is 19.4 Å². The number of hydrogen-bond acceptors (Lipinski definition) is 1. The number of carbonyl (C=O) groups excluding carboxylic acids is 1. The van der Waals surface area contributed by atoms with Gasteiger partial charge in [-0.15, -0.1) is 0 Å². The number of halogens is 2. The van der Waals surface area contributed by atoms with Gasteiger partial charge in [-0.2, -0.15) is 0 Å². The summed E-state index contributed by atoms with van der Waals surface area (Å²) in [6, 6.07) is 5.50. The van der Waals surface area contributed by atoms with Crippen LogP contribution in [0.3, 0.4) is 0 Å². The quantitative estimate of drug-likeness (QED) is 0.779. The van der Waals surface area contributed by atoms with Gasteiger partial charge in [0.1, 0.15) is 0 Å². The molecular formula is C10H11F2NO. The Labute approximate surface area is 80.9 Å². The highest BCUT2D eigenvalue weighted by Gasteiger charge is 2.23. The third-order valence-electron chi connectivity index (χ3n) is 1.71. The van der Waals surface area contributed by atoms with Gasteiger partial charge in [0, 0.05) is 25.1 Å². The van der Waals surface area contributed by atoms with E-state index in [1.165, 1.54) is 31.2 Å². The second-order valence-electron chi connectivity index (χ2n) is 3.15.